The molecule has 14 heavy (non-hydrogen) atoms. The number of hydrogen-bond acceptors (Lipinski definition) is 2. The highest BCUT2D eigenvalue weighted by Crippen LogP contribution is 2.27. The normalized spacial score (nSPS) is 12.1. The summed E-state index contributed by atoms with van der Waals surface area (Å²) in [5, 5.41) is 9.07. The molecule has 0 radical (unpaired) electrons. The van der Waals surface area contributed by atoms with Gasteiger partial charge in [-0.3, -0.25) is 0 Å². The molecule has 80 valence electrons. The molecular weight excluding hydrogens is 228 g/mol. The van der Waals surface area contributed by atoms with Gasteiger partial charge in [-0.15, -0.1) is 12.4 Å². The monoisotopic (exact) mass is 239 g/mol. The van der Waals surface area contributed by atoms with Crippen LogP contribution in [0, 0.1) is 12.7 Å². The van der Waals surface area contributed by atoms with Crippen LogP contribution in [0.3, 0.4) is 0 Å². The topological polar surface area (TPSA) is 46.2 Å². The third-order valence-electron chi connectivity index (χ3n) is 1.89. The van der Waals surface area contributed by atoms with Crippen molar-refractivity contribution in [1.29, 1.82) is 0 Å². The van der Waals surface area contributed by atoms with E-state index in [1.54, 1.807) is 13.0 Å². The van der Waals surface area contributed by atoms with E-state index >= 15 is 0 Å². The van der Waals surface area contributed by atoms with Crippen LogP contribution in [-0.2, 0) is 0 Å². The lowest BCUT2D eigenvalue weighted by molar-refractivity contribution is 0.265. The van der Waals surface area contributed by atoms with Gasteiger partial charge in [0.1, 0.15) is 5.82 Å². The lowest BCUT2D eigenvalue weighted by Crippen LogP contribution is -2.17. The van der Waals surface area contributed by atoms with E-state index < -0.39 is 11.9 Å². The first-order valence-electron chi connectivity index (χ1n) is 3.89. The summed E-state index contributed by atoms with van der Waals surface area (Å²) in [7, 11) is 0. The van der Waals surface area contributed by atoms with E-state index in [4.69, 9.17) is 22.4 Å². The molecule has 0 saturated heterocycles. The van der Waals surface area contributed by atoms with Gasteiger partial charge in [0.05, 0.1) is 17.7 Å². The van der Waals surface area contributed by atoms with Crippen molar-refractivity contribution in [1.82, 2.24) is 0 Å². The number of rotatable bonds is 2. The summed E-state index contributed by atoms with van der Waals surface area (Å²) < 4.78 is 13.2. The van der Waals surface area contributed by atoms with Gasteiger partial charge >= 0.3 is 0 Å². The number of nitrogens with two attached hydrogens (primary N) is 1. The molecule has 0 aromatic heterocycles. The summed E-state index contributed by atoms with van der Waals surface area (Å²) in [6.07, 6.45) is 0. The molecular formula is C9H12Cl2FNO. The van der Waals surface area contributed by atoms with Gasteiger partial charge in [0.25, 0.3) is 0 Å². The maximum Gasteiger partial charge on any atom is 0.129 e. The molecule has 0 bridgehead atoms. The zero-order valence-electron chi connectivity index (χ0n) is 7.63. The Balaban J connectivity index is 0.00000169. The molecule has 3 N–H and O–H groups in total. The van der Waals surface area contributed by atoms with E-state index in [2.05, 4.69) is 0 Å². The molecule has 0 spiro atoms. The minimum Gasteiger partial charge on any atom is -0.394 e. The third-order valence-corrected chi connectivity index (χ3v) is 2.39. The Morgan fingerprint density at radius 2 is 2.14 bits per heavy atom. The summed E-state index contributed by atoms with van der Waals surface area (Å²) in [5.41, 5.74) is 6.43. The van der Waals surface area contributed by atoms with Crippen molar-refractivity contribution in [2.24, 2.45) is 5.73 Å². The lowest BCUT2D eigenvalue weighted by Gasteiger charge is -2.13. The molecule has 0 heterocycles. The predicted molar refractivity (Wildman–Crippen MR) is 57.4 cm³/mol. The van der Waals surface area contributed by atoms with Crippen LogP contribution in [0.25, 0.3) is 0 Å². The quantitative estimate of drug-likeness (QED) is 0.832. The van der Waals surface area contributed by atoms with Crippen molar-refractivity contribution < 1.29 is 9.50 Å². The highest BCUT2D eigenvalue weighted by molar-refractivity contribution is 6.32. The molecule has 0 amide bonds. The van der Waals surface area contributed by atoms with E-state index in [9.17, 15) is 4.39 Å². The van der Waals surface area contributed by atoms with Gasteiger partial charge in [0.2, 0.25) is 0 Å². The van der Waals surface area contributed by atoms with E-state index in [0.717, 1.165) is 5.56 Å². The second-order valence-electron chi connectivity index (χ2n) is 2.88. The summed E-state index contributed by atoms with van der Waals surface area (Å²) in [6.45, 7) is 1.44. The minimum atomic E-state index is -0.757. The number of aliphatic hydroxyl groups is 1. The Morgan fingerprint density at radius 3 is 2.64 bits per heavy atom. The third kappa shape index (κ3) is 2.58. The molecule has 1 rings (SSSR count). The van der Waals surface area contributed by atoms with Crippen LogP contribution in [0.5, 0.6) is 0 Å². The van der Waals surface area contributed by atoms with Gasteiger partial charge in [0.15, 0.2) is 0 Å². The molecule has 0 aliphatic carbocycles. The average molecular weight is 240 g/mol. The molecule has 0 aliphatic rings. The molecule has 5 heteroatoms. The highest BCUT2D eigenvalue weighted by Gasteiger charge is 2.15. The molecule has 0 aliphatic heterocycles. The highest BCUT2D eigenvalue weighted by atomic mass is 35.5. The van der Waals surface area contributed by atoms with Crippen LogP contribution in [-0.4, -0.2) is 11.7 Å². The Bertz CT molecular complexity index is 320. The van der Waals surface area contributed by atoms with Crippen LogP contribution in [0.2, 0.25) is 5.02 Å². The van der Waals surface area contributed by atoms with Gasteiger partial charge in [-0.25, -0.2) is 4.39 Å². The number of benzene rings is 1. The number of hydrogen-bond donors (Lipinski definition) is 2. The van der Waals surface area contributed by atoms with Gasteiger partial charge in [-0.2, -0.15) is 0 Å². The van der Waals surface area contributed by atoms with Crippen molar-refractivity contribution >= 4 is 24.0 Å². The first kappa shape index (κ1) is 13.7. The van der Waals surface area contributed by atoms with Crippen LogP contribution < -0.4 is 5.73 Å². The first-order valence-corrected chi connectivity index (χ1v) is 4.26. The van der Waals surface area contributed by atoms with Crippen LogP contribution in [0.15, 0.2) is 12.1 Å². The average Bonchev–Trinajstić information content (AvgIpc) is 2.12. The second kappa shape index (κ2) is 5.51. The molecule has 0 saturated carbocycles. The first-order chi connectivity index (χ1) is 6.07. The van der Waals surface area contributed by atoms with Gasteiger partial charge < -0.3 is 10.8 Å². The van der Waals surface area contributed by atoms with Crippen molar-refractivity contribution in [3.8, 4) is 0 Å². The van der Waals surface area contributed by atoms with Crippen LogP contribution in [0.1, 0.15) is 17.2 Å². The second-order valence-corrected chi connectivity index (χ2v) is 3.26. The van der Waals surface area contributed by atoms with Gasteiger partial charge in [-0.05, 0) is 18.6 Å². The van der Waals surface area contributed by atoms with Crippen LogP contribution in [0.4, 0.5) is 4.39 Å². The molecule has 2 nitrogen and oxygen atoms in total. The molecule has 1 atom stereocenters. The smallest absolute Gasteiger partial charge is 0.129 e. The fraction of sp³-hybridized carbons (Fsp3) is 0.333. The Kier molecular flexibility index (Phi) is 5.37. The number of halogens is 3. The summed E-state index contributed by atoms with van der Waals surface area (Å²) in [6, 6.07) is 2.12. The Morgan fingerprint density at radius 1 is 1.57 bits per heavy atom. The molecule has 1 aromatic rings. The molecule has 0 unspecified atom stereocenters. The lowest BCUT2D eigenvalue weighted by atomic mass is 10.0. The fourth-order valence-corrected chi connectivity index (χ4v) is 1.40. The maximum absolute atomic E-state index is 13.2. The zero-order chi connectivity index (χ0) is 10.0. The van der Waals surface area contributed by atoms with Crippen molar-refractivity contribution in [3.63, 3.8) is 0 Å². The van der Waals surface area contributed by atoms with Crippen molar-refractivity contribution in [3.05, 3.63) is 34.1 Å². The Hall–Kier alpha value is -0.350. The summed E-state index contributed by atoms with van der Waals surface area (Å²) in [4.78, 5) is 0. The van der Waals surface area contributed by atoms with Gasteiger partial charge in [0, 0.05) is 5.56 Å². The maximum atomic E-state index is 13.2. The molecule has 0 fully saturated rings. The summed E-state index contributed by atoms with van der Waals surface area (Å²) in [5.74, 6) is -0.475. The van der Waals surface area contributed by atoms with Crippen LogP contribution >= 0.6 is 24.0 Å². The minimum absolute atomic E-state index is 0. The standard InChI is InChI=1S/C9H11ClFNO.ClH/c1-5-2-3-6(11)8(9(5)10)7(12)4-13;/h2-3,7,13H,4,12H2,1H3;1H/t7-;/m1./s1. The summed E-state index contributed by atoms with van der Waals surface area (Å²) >= 11 is 5.84. The van der Waals surface area contributed by atoms with Crippen molar-refractivity contribution in [2.75, 3.05) is 6.61 Å². The fourth-order valence-electron chi connectivity index (χ4n) is 1.11. The number of aryl methyl sites for hydroxylation is 1. The van der Waals surface area contributed by atoms with E-state index in [0.29, 0.717) is 5.02 Å². The molecule has 1 aromatic carbocycles. The SMILES string of the molecule is Cc1ccc(F)c([C@H](N)CO)c1Cl.Cl. The van der Waals surface area contributed by atoms with E-state index in [-0.39, 0.29) is 24.6 Å². The van der Waals surface area contributed by atoms with Gasteiger partial charge in [-0.1, -0.05) is 17.7 Å². The largest absolute Gasteiger partial charge is 0.394 e. The zero-order valence-corrected chi connectivity index (χ0v) is 9.20. The van der Waals surface area contributed by atoms with E-state index in [1.807, 2.05) is 0 Å². The van der Waals surface area contributed by atoms with E-state index in [1.165, 1.54) is 6.07 Å². The van der Waals surface area contributed by atoms with Crippen molar-refractivity contribution in [2.45, 2.75) is 13.0 Å². The Labute approximate surface area is 93.3 Å². The predicted octanol–water partition coefficient (Wildman–Crippen LogP) is 2.20. The number of aliphatic hydroxyl groups excluding tert-OH is 1.